The number of carbonyl (C=O) groups is 1. The molecule has 9 rings (SSSR count). The molecule has 3 aromatic carbocycles. The molecule has 0 radical (unpaired) electrons. The third kappa shape index (κ3) is 5.29. The first-order valence-corrected chi connectivity index (χ1v) is 17.2. The molecule has 1 aromatic heterocycles. The minimum absolute atomic E-state index is 0.0617. The Morgan fingerprint density at radius 2 is 1.20 bits per heavy atom. The van der Waals surface area contributed by atoms with Crippen LogP contribution in [0.3, 0.4) is 0 Å². The zero-order chi connectivity index (χ0) is 33.8. The molecule has 0 saturated carbocycles. The van der Waals surface area contributed by atoms with Crippen molar-refractivity contribution < 1.29 is 4.79 Å². The summed E-state index contributed by atoms with van der Waals surface area (Å²) in [6.45, 7) is 1.61. The summed E-state index contributed by atoms with van der Waals surface area (Å²) in [5, 5.41) is 1.12. The summed E-state index contributed by atoms with van der Waals surface area (Å²) in [5.74, 6) is -0.0617. The van der Waals surface area contributed by atoms with E-state index in [1.54, 1.807) is 18.7 Å². The van der Waals surface area contributed by atoms with E-state index < -0.39 is 0 Å². The van der Waals surface area contributed by atoms with Gasteiger partial charge in [0.2, 0.25) is 0 Å². The van der Waals surface area contributed by atoms with E-state index in [1.807, 2.05) is 72.9 Å². The first kappa shape index (κ1) is 29.9. The van der Waals surface area contributed by atoms with Crippen LogP contribution in [0, 0.1) is 0 Å². The van der Waals surface area contributed by atoms with Gasteiger partial charge in [-0.25, -0.2) is 20.0 Å². The maximum absolute atomic E-state index is 13.6. The van der Waals surface area contributed by atoms with Crippen molar-refractivity contribution in [3.63, 3.8) is 0 Å². The van der Waals surface area contributed by atoms with Crippen molar-refractivity contribution in [2.24, 2.45) is 27.0 Å². The molecule has 4 aromatic rings. The molecule has 0 unspecified atom stereocenters. The number of rotatable bonds is 5. The highest BCUT2D eigenvalue weighted by Crippen LogP contribution is 2.48. The van der Waals surface area contributed by atoms with E-state index in [2.05, 4.69) is 78.3 Å². The predicted molar refractivity (Wildman–Crippen MR) is 207 cm³/mol. The van der Waals surface area contributed by atoms with Crippen LogP contribution >= 0.6 is 11.8 Å². The van der Waals surface area contributed by atoms with Crippen LogP contribution in [-0.4, -0.2) is 33.2 Å². The van der Waals surface area contributed by atoms with Crippen molar-refractivity contribution in [2.75, 3.05) is 0 Å². The van der Waals surface area contributed by atoms with E-state index >= 15 is 0 Å². The predicted octanol–water partition coefficient (Wildman–Crippen LogP) is 9.48. The summed E-state index contributed by atoms with van der Waals surface area (Å²) in [6, 6.07) is 27.4. The zero-order valence-corrected chi connectivity index (χ0v) is 28.1. The van der Waals surface area contributed by atoms with Gasteiger partial charge in [-0.3, -0.25) is 4.79 Å². The molecule has 5 aliphatic rings. The number of hydrogen-bond donors (Lipinski definition) is 0. The molecule has 6 nitrogen and oxygen atoms in total. The molecule has 0 fully saturated rings. The number of fused-ring (bicyclic) bond motifs is 5. The molecule has 5 aliphatic heterocycles. The molecule has 0 saturated heterocycles. The van der Waals surface area contributed by atoms with E-state index in [9.17, 15) is 4.79 Å². The van der Waals surface area contributed by atoms with Gasteiger partial charge in [-0.05, 0) is 90.9 Å². The average molecular weight is 664 g/mol. The highest BCUT2D eigenvalue weighted by Gasteiger charge is 2.30. The normalized spacial score (nSPS) is 17.4. The third-order valence-corrected chi connectivity index (χ3v) is 10.2. The summed E-state index contributed by atoms with van der Waals surface area (Å²) < 4.78 is 2.27. The van der Waals surface area contributed by atoms with Crippen LogP contribution in [0.15, 0.2) is 198 Å². The molecule has 0 amide bonds. The molecule has 0 N–H and O–H groups in total. The van der Waals surface area contributed by atoms with Crippen LogP contribution in [0.1, 0.15) is 6.92 Å². The molecular weight excluding hydrogens is 635 g/mol. The number of nitrogens with zero attached hydrogens (tertiary/aromatic N) is 5. The number of hydrogen-bond acceptors (Lipinski definition) is 6. The Balaban J connectivity index is 1.25. The van der Waals surface area contributed by atoms with Crippen molar-refractivity contribution in [3.8, 4) is 22.4 Å². The number of allylic oxidation sites excluding steroid dienone is 11. The Morgan fingerprint density at radius 1 is 0.620 bits per heavy atom. The Morgan fingerprint density at radius 3 is 1.82 bits per heavy atom. The van der Waals surface area contributed by atoms with Gasteiger partial charge in [0.05, 0.1) is 67.3 Å². The van der Waals surface area contributed by atoms with Gasteiger partial charge in [0, 0.05) is 22.9 Å². The minimum Gasteiger partial charge on any atom is -0.343 e. The van der Waals surface area contributed by atoms with Gasteiger partial charge in [0.15, 0.2) is 5.78 Å². The maximum atomic E-state index is 13.6. The van der Waals surface area contributed by atoms with Crippen LogP contribution in [0.4, 0.5) is 0 Å². The van der Waals surface area contributed by atoms with Crippen LogP contribution < -0.4 is 0 Å². The van der Waals surface area contributed by atoms with Crippen molar-refractivity contribution in [1.82, 2.24) is 4.57 Å². The number of aromatic nitrogens is 1. The maximum Gasteiger partial charge on any atom is 0.163 e. The van der Waals surface area contributed by atoms with Gasteiger partial charge < -0.3 is 4.57 Å². The lowest BCUT2D eigenvalue weighted by atomic mass is 9.98. The summed E-state index contributed by atoms with van der Waals surface area (Å²) in [4.78, 5) is 34.9. The molecule has 238 valence electrons. The van der Waals surface area contributed by atoms with Crippen LogP contribution in [0.2, 0.25) is 0 Å². The average Bonchev–Trinajstić information content (AvgIpc) is 3.96. The molecule has 0 atom stereocenters. The molecule has 8 bridgehead atoms. The number of aryl methyl sites for hydroxylation is 1. The van der Waals surface area contributed by atoms with Crippen molar-refractivity contribution in [1.29, 1.82) is 0 Å². The van der Waals surface area contributed by atoms with Gasteiger partial charge in [-0.1, -0.05) is 78.5 Å². The summed E-state index contributed by atoms with van der Waals surface area (Å²) in [5.41, 5.74) is 12.2. The van der Waals surface area contributed by atoms with E-state index in [1.165, 1.54) is 0 Å². The standard InChI is InChI=1S/C43H29N5OS/c1-26(49)39-35-24-33-20-18-31(45-33)22-29-16-17-30(44-29)23-32-19-21-34(46-32)25-36(47-35)43(39)50-38-15-9-14-37-41(38)40(27-10-5-3-6-11-27)42(48(37)2)28-12-7-4-8-13-28/h3-25H,1-2H3. The lowest BCUT2D eigenvalue weighted by Crippen LogP contribution is -2.06. The molecule has 6 heterocycles. The Kier molecular flexibility index (Phi) is 7.21. The number of carbonyl (C=O) groups excluding carboxylic acids is 1. The second kappa shape index (κ2) is 12.1. The summed E-state index contributed by atoms with van der Waals surface area (Å²) >= 11 is 1.58. The monoisotopic (exact) mass is 663 g/mol. The SMILES string of the molecule is CC(=O)C1=C(Sc2cccc3c2c(-c2ccccc2)c(-c2ccccc2)n3C)C2=CC3=NC(=CC4=NC(=CC5=NC(=CC1=N2)C=C5)C=C4)C=C3. The molecule has 0 aliphatic carbocycles. The van der Waals surface area contributed by atoms with Gasteiger partial charge in [0.1, 0.15) is 0 Å². The lowest BCUT2D eigenvalue weighted by Gasteiger charge is -2.11. The largest absolute Gasteiger partial charge is 0.343 e. The second-order valence-electron chi connectivity index (χ2n) is 12.4. The number of Topliss-reactive ketones (excluding diaryl/α,β-unsaturated/α-hetero) is 1. The summed E-state index contributed by atoms with van der Waals surface area (Å²) in [6.07, 6.45) is 19.6. The first-order chi connectivity index (χ1) is 24.5. The smallest absolute Gasteiger partial charge is 0.163 e. The zero-order valence-electron chi connectivity index (χ0n) is 27.3. The summed E-state index contributed by atoms with van der Waals surface area (Å²) in [7, 11) is 2.12. The number of thioether (sulfide) groups is 1. The minimum atomic E-state index is -0.0617. The third-order valence-electron chi connectivity index (χ3n) is 9.03. The number of ketones is 1. The molecule has 50 heavy (non-hydrogen) atoms. The Labute approximate surface area is 293 Å². The van der Waals surface area contributed by atoms with Crippen LogP contribution in [0.25, 0.3) is 33.3 Å². The van der Waals surface area contributed by atoms with Crippen molar-refractivity contribution >= 4 is 51.3 Å². The van der Waals surface area contributed by atoms with Crippen molar-refractivity contribution in [2.45, 2.75) is 11.8 Å². The Hall–Kier alpha value is -6.18. The lowest BCUT2D eigenvalue weighted by molar-refractivity contribution is -0.113. The van der Waals surface area contributed by atoms with Gasteiger partial charge in [-0.2, -0.15) is 0 Å². The van der Waals surface area contributed by atoms with E-state index in [0.717, 1.165) is 77.3 Å². The quantitative estimate of drug-likeness (QED) is 0.213. The Bertz CT molecular complexity index is 2560. The second-order valence-corrected chi connectivity index (χ2v) is 13.4. The van der Waals surface area contributed by atoms with Gasteiger partial charge >= 0.3 is 0 Å². The topological polar surface area (TPSA) is 71.4 Å². The fourth-order valence-electron chi connectivity index (χ4n) is 6.85. The molecular formula is C43H29N5OS. The van der Waals surface area contributed by atoms with Gasteiger partial charge in [-0.15, -0.1) is 0 Å². The van der Waals surface area contributed by atoms with E-state index in [4.69, 9.17) is 20.0 Å². The fraction of sp³-hybridized carbons (Fsp3) is 0.0465. The molecule has 7 heteroatoms. The van der Waals surface area contributed by atoms with E-state index in [-0.39, 0.29) is 5.78 Å². The molecule has 0 spiro atoms. The van der Waals surface area contributed by atoms with E-state index in [0.29, 0.717) is 17.0 Å². The van der Waals surface area contributed by atoms with Gasteiger partial charge in [0.25, 0.3) is 0 Å². The van der Waals surface area contributed by atoms with Crippen LogP contribution in [0.5, 0.6) is 0 Å². The number of benzene rings is 3. The number of aliphatic imine (C=N–C) groups is 4. The van der Waals surface area contributed by atoms with Crippen LogP contribution in [-0.2, 0) is 11.8 Å². The highest BCUT2D eigenvalue weighted by atomic mass is 32.2. The highest BCUT2D eigenvalue weighted by molar-refractivity contribution is 8.03. The van der Waals surface area contributed by atoms with Crippen molar-refractivity contribution in [3.05, 3.63) is 173 Å². The fourth-order valence-corrected chi connectivity index (χ4v) is 8.08. The first-order valence-electron chi connectivity index (χ1n) is 16.4.